The van der Waals surface area contributed by atoms with Gasteiger partial charge in [-0.05, 0) is 42.2 Å². The van der Waals surface area contributed by atoms with E-state index in [2.05, 4.69) is 52.0 Å². The minimum atomic E-state index is -0.0361. The first kappa shape index (κ1) is 12.6. The van der Waals surface area contributed by atoms with E-state index in [0.29, 0.717) is 0 Å². The molecule has 1 heteroatoms. The van der Waals surface area contributed by atoms with Crippen LogP contribution < -0.4 is 0 Å². The van der Waals surface area contributed by atoms with E-state index in [1.165, 1.54) is 24.0 Å². The second-order valence-electron chi connectivity index (χ2n) is 6.10. The number of hydrogen-bond acceptors (Lipinski definition) is 1. The van der Waals surface area contributed by atoms with Crippen LogP contribution in [0.25, 0.3) is 0 Å². The Labute approximate surface area is 105 Å². The normalized spacial score (nSPS) is 18.1. The van der Waals surface area contributed by atoms with Gasteiger partial charge in [0.05, 0.1) is 12.7 Å². The molecule has 1 fully saturated rings. The van der Waals surface area contributed by atoms with E-state index in [1.807, 2.05) is 0 Å². The highest BCUT2D eigenvalue weighted by Gasteiger charge is 2.24. The topological polar surface area (TPSA) is 9.23 Å². The average Bonchev–Trinajstić information content (AvgIpc) is 3.08. The van der Waals surface area contributed by atoms with E-state index < -0.39 is 0 Å². The molecule has 0 aromatic heterocycles. The van der Waals surface area contributed by atoms with Gasteiger partial charge < -0.3 is 4.74 Å². The fraction of sp³-hybridized carbons (Fsp3) is 0.562. The second-order valence-corrected chi connectivity index (χ2v) is 6.10. The summed E-state index contributed by atoms with van der Waals surface area (Å²) in [7, 11) is 0. The summed E-state index contributed by atoms with van der Waals surface area (Å²) < 4.78 is 5.88. The zero-order chi connectivity index (χ0) is 12.5. The molecule has 1 nitrogen and oxygen atoms in total. The van der Waals surface area contributed by atoms with Gasteiger partial charge in [-0.15, -0.1) is 0 Å². The lowest BCUT2D eigenvalue weighted by molar-refractivity contribution is 0.0738. The highest BCUT2D eigenvalue weighted by atomic mass is 16.5. The number of ether oxygens (including phenoxy) is 1. The third kappa shape index (κ3) is 3.32. The molecule has 1 aliphatic rings. The summed E-state index contributed by atoms with van der Waals surface area (Å²) in [5.74, 6) is 0.793. The van der Waals surface area contributed by atoms with Crippen LogP contribution in [0, 0.1) is 12.8 Å². The van der Waals surface area contributed by atoms with Crippen LogP contribution in [0.3, 0.4) is 0 Å². The third-order valence-corrected chi connectivity index (χ3v) is 3.35. The fourth-order valence-electron chi connectivity index (χ4n) is 2.09. The SMILES string of the molecule is [CH2]C(OCC1CC1)c1ccccc1C(C)(C)C. The molecule has 1 radical (unpaired) electrons. The van der Waals surface area contributed by atoms with Crippen molar-refractivity contribution in [2.24, 2.45) is 5.92 Å². The van der Waals surface area contributed by atoms with Gasteiger partial charge in [0.15, 0.2) is 0 Å². The van der Waals surface area contributed by atoms with Crippen molar-refractivity contribution in [3.8, 4) is 0 Å². The zero-order valence-corrected chi connectivity index (χ0v) is 11.2. The lowest BCUT2D eigenvalue weighted by Gasteiger charge is -2.26. The van der Waals surface area contributed by atoms with Crippen molar-refractivity contribution >= 4 is 0 Å². The number of rotatable bonds is 4. The molecule has 0 N–H and O–H groups in total. The van der Waals surface area contributed by atoms with Gasteiger partial charge in [0.2, 0.25) is 0 Å². The highest BCUT2D eigenvalue weighted by Crippen LogP contribution is 2.34. The second kappa shape index (κ2) is 4.81. The van der Waals surface area contributed by atoms with Crippen LogP contribution in [0.5, 0.6) is 0 Å². The Morgan fingerprint density at radius 1 is 1.29 bits per heavy atom. The fourth-order valence-corrected chi connectivity index (χ4v) is 2.09. The highest BCUT2D eigenvalue weighted by molar-refractivity contribution is 5.34. The summed E-state index contributed by atoms with van der Waals surface area (Å²) in [6, 6.07) is 8.50. The van der Waals surface area contributed by atoms with E-state index in [4.69, 9.17) is 4.74 Å². The van der Waals surface area contributed by atoms with Gasteiger partial charge in [0, 0.05) is 0 Å². The summed E-state index contributed by atoms with van der Waals surface area (Å²) in [6.07, 6.45) is 2.62. The maximum atomic E-state index is 5.88. The Morgan fingerprint density at radius 3 is 2.53 bits per heavy atom. The summed E-state index contributed by atoms with van der Waals surface area (Å²) in [5.41, 5.74) is 2.73. The minimum absolute atomic E-state index is 0.0361. The van der Waals surface area contributed by atoms with Gasteiger partial charge in [-0.2, -0.15) is 0 Å². The maximum Gasteiger partial charge on any atom is 0.0829 e. The van der Waals surface area contributed by atoms with Gasteiger partial charge >= 0.3 is 0 Å². The summed E-state index contributed by atoms with van der Waals surface area (Å²) >= 11 is 0. The van der Waals surface area contributed by atoms with E-state index in [-0.39, 0.29) is 11.5 Å². The maximum absolute atomic E-state index is 5.88. The van der Waals surface area contributed by atoms with Crippen LogP contribution in [0.4, 0.5) is 0 Å². The molecule has 0 bridgehead atoms. The molecule has 1 unspecified atom stereocenters. The van der Waals surface area contributed by atoms with Crippen molar-refractivity contribution in [3.05, 3.63) is 42.3 Å². The molecule has 1 aliphatic carbocycles. The van der Waals surface area contributed by atoms with Gasteiger partial charge in [-0.3, -0.25) is 0 Å². The van der Waals surface area contributed by atoms with Crippen molar-refractivity contribution in [2.45, 2.75) is 45.1 Å². The van der Waals surface area contributed by atoms with Crippen LogP contribution in [0.15, 0.2) is 24.3 Å². The lowest BCUT2D eigenvalue weighted by atomic mass is 9.82. The van der Waals surface area contributed by atoms with Crippen molar-refractivity contribution in [2.75, 3.05) is 6.61 Å². The molecule has 2 rings (SSSR count). The molecule has 0 heterocycles. The van der Waals surface area contributed by atoms with Crippen molar-refractivity contribution in [3.63, 3.8) is 0 Å². The molecule has 1 saturated carbocycles. The first-order chi connectivity index (χ1) is 7.98. The first-order valence-electron chi connectivity index (χ1n) is 6.52. The minimum Gasteiger partial charge on any atom is -0.373 e. The van der Waals surface area contributed by atoms with Crippen molar-refractivity contribution < 1.29 is 4.74 Å². The zero-order valence-electron chi connectivity index (χ0n) is 11.2. The van der Waals surface area contributed by atoms with Crippen LogP contribution in [0.1, 0.15) is 50.8 Å². The summed E-state index contributed by atoms with van der Waals surface area (Å²) in [6.45, 7) is 11.7. The predicted molar refractivity (Wildman–Crippen MR) is 71.9 cm³/mol. The van der Waals surface area contributed by atoms with Crippen LogP contribution in [-0.4, -0.2) is 6.61 Å². The van der Waals surface area contributed by atoms with Gasteiger partial charge in [0.1, 0.15) is 0 Å². The first-order valence-corrected chi connectivity index (χ1v) is 6.52. The van der Waals surface area contributed by atoms with E-state index in [0.717, 1.165) is 12.5 Å². The van der Waals surface area contributed by atoms with Crippen molar-refractivity contribution in [1.29, 1.82) is 0 Å². The molecule has 0 spiro atoms. The number of benzene rings is 1. The standard InChI is InChI=1S/C16H23O/c1-12(17-11-13-9-10-13)14-7-5-6-8-15(14)16(2,3)4/h5-8,12-13H,1,9-11H2,2-4H3. The molecule has 0 saturated heterocycles. The molecule has 17 heavy (non-hydrogen) atoms. The largest absolute Gasteiger partial charge is 0.373 e. The molecule has 1 aromatic carbocycles. The molecule has 0 amide bonds. The van der Waals surface area contributed by atoms with Gasteiger partial charge in [-0.25, -0.2) is 0 Å². The summed E-state index contributed by atoms with van der Waals surface area (Å²) in [4.78, 5) is 0. The molecule has 93 valence electrons. The van der Waals surface area contributed by atoms with Gasteiger partial charge in [-0.1, -0.05) is 45.0 Å². The van der Waals surface area contributed by atoms with Crippen molar-refractivity contribution in [1.82, 2.24) is 0 Å². The van der Waals surface area contributed by atoms with Crippen LogP contribution in [-0.2, 0) is 10.2 Å². The molecular formula is C16H23O. The Balaban J connectivity index is 2.12. The Morgan fingerprint density at radius 2 is 1.94 bits per heavy atom. The lowest BCUT2D eigenvalue weighted by Crippen LogP contribution is -2.16. The molecule has 1 atom stereocenters. The van der Waals surface area contributed by atoms with E-state index in [1.54, 1.807) is 0 Å². The third-order valence-electron chi connectivity index (χ3n) is 3.35. The van der Waals surface area contributed by atoms with E-state index >= 15 is 0 Å². The molecule has 1 aromatic rings. The van der Waals surface area contributed by atoms with Gasteiger partial charge in [0.25, 0.3) is 0 Å². The molecule has 0 aliphatic heterocycles. The average molecular weight is 231 g/mol. The van der Waals surface area contributed by atoms with Crippen LogP contribution in [0.2, 0.25) is 0 Å². The quantitative estimate of drug-likeness (QED) is 0.751. The summed E-state index contributed by atoms with van der Waals surface area (Å²) in [5, 5.41) is 0. The van der Waals surface area contributed by atoms with E-state index in [9.17, 15) is 0 Å². The predicted octanol–water partition coefficient (Wildman–Crippen LogP) is 4.29. The molecular weight excluding hydrogens is 208 g/mol. The van der Waals surface area contributed by atoms with Crippen LogP contribution >= 0.6 is 0 Å². The Hall–Kier alpha value is -0.820. The monoisotopic (exact) mass is 231 g/mol. The number of hydrogen-bond donors (Lipinski definition) is 0. The Bertz CT molecular complexity index is 371. The smallest absolute Gasteiger partial charge is 0.0829 e. The Kier molecular flexibility index (Phi) is 3.58.